The Kier molecular flexibility index (Phi) is 5.57. The zero-order valence-electron chi connectivity index (χ0n) is 11.5. The van der Waals surface area contributed by atoms with Crippen LogP contribution in [0.25, 0.3) is 0 Å². The predicted molar refractivity (Wildman–Crippen MR) is 74.3 cm³/mol. The topological polar surface area (TPSA) is 26.3 Å². The van der Waals surface area contributed by atoms with E-state index in [-0.39, 0.29) is 5.97 Å². The van der Waals surface area contributed by atoms with Gasteiger partial charge in [0.25, 0.3) is 0 Å². The van der Waals surface area contributed by atoms with Crippen molar-refractivity contribution in [1.29, 1.82) is 0 Å². The number of hydrogen-bond donors (Lipinski definition) is 0. The van der Waals surface area contributed by atoms with Gasteiger partial charge < -0.3 is 4.74 Å². The van der Waals surface area contributed by atoms with Crippen LogP contribution < -0.4 is 0 Å². The maximum Gasteiger partial charge on any atom is 0.306 e. The van der Waals surface area contributed by atoms with Crippen molar-refractivity contribution in [2.24, 2.45) is 0 Å². The number of rotatable bonds is 4. The molecule has 0 spiro atoms. The van der Waals surface area contributed by atoms with Crippen molar-refractivity contribution in [3.8, 4) is 0 Å². The molecule has 0 heterocycles. The van der Waals surface area contributed by atoms with Crippen molar-refractivity contribution in [3.05, 3.63) is 11.1 Å². The molecule has 1 aliphatic rings. The van der Waals surface area contributed by atoms with Gasteiger partial charge in [0.05, 0.1) is 13.5 Å². The van der Waals surface area contributed by atoms with E-state index in [0.29, 0.717) is 11.2 Å². The molecule has 1 aliphatic carbocycles. The summed E-state index contributed by atoms with van der Waals surface area (Å²) in [6, 6.07) is 0. The number of esters is 1. The monoisotopic (exact) mass is 256 g/mol. The number of carbonyl (C=O) groups is 1. The number of hydrogen-bond acceptors (Lipinski definition) is 3. The van der Waals surface area contributed by atoms with Gasteiger partial charge in [-0.3, -0.25) is 4.79 Å². The molecule has 1 rings (SSSR count). The molecule has 98 valence electrons. The summed E-state index contributed by atoms with van der Waals surface area (Å²) in [5, 5.41) is 0. The van der Waals surface area contributed by atoms with E-state index >= 15 is 0 Å². The summed E-state index contributed by atoms with van der Waals surface area (Å²) in [6.45, 7) is 6.75. The second-order valence-electron chi connectivity index (χ2n) is 5.23. The highest BCUT2D eigenvalue weighted by Gasteiger charge is 2.29. The van der Waals surface area contributed by atoms with Gasteiger partial charge in [0.15, 0.2) is 0 Å². The summed E-state index contributed by atoms with van der Waals surface area (Å²) in [5.74, 6) is 0.787. The first-order valence-corrected chi connectivity index (χ1v) is 7.31. The minimum absolute atomic E-state index is 0.0955. The maximum absolute atomic E-state index is 11.1. The van der Waals surface area contributed by atoms with E-state index in [2.05, 4.69) is 25.5 Å². The zero-order chi connectivity index (χ0) is 12.9. The standard InChI is InChI=1S/C14H24O2S/c1-11(2)12-5-8-14(3,9-6-12)17-10-7-13(15)16-4/h5-10H2,1-4H3. The van der Waals surface area contributed by atoms with Crippen LogP contribution in [0.2, 0.25) is 0 Å². The maximum atomic E-state index is 11.1. The number of ether oxygens (including phenoxy) is 1. The highest BCUT2D eigenvalue weighted by Crippen LogP contribution is 2.42. The molecule has 3 heteroatoms. The summed E-state index contributed by atoms with van der Waals surface area (Å²) >= 11 is 1.93. The molecule has 0 aromatic rings. The molecule has 0 bridgehead atoms. The Bertz CT molecular complexity index is 293. The quantitative estimate of drug-likeness (QED) is 0.563. The molecule has 0 radical (unpaired) electrons. The Balaban J connectivity index is 2.35. The van der Waals surface area contributed by atoms with Crippen LogP contribution in [0.3, 0.4) is 0 Å². The van der Waals surface area contributed by atoms with Crippen LogP contribution in [-0.4, -0.2) is 23.6 Å². The van der Waals surface area contributed by atoms with Crippen LogP contribution >= 0.6 is 11.8 Å². The van der Waals surface area contributed by atoms with Gasteiger partial charge in [0, 0.05) is 10.5 Å². The van der Waals surface area contributed by atoms with Gasteiger partial charge in [-0.05, 0) is 39.5 Å². The van der Waals surface area contributed by atoms with Gasteiger partial charge in [0.2, 0.25) is 0 Å². The van der Waals surface area contributed by atoms with Crippen molar-refractivity contribution in [1.82, 2.24) is 0 Å². The fraction of sp³-hybridized carbons (Fsp3) is 0.786. The highest BCUT2D eigenvalue weighted by molar-refractivity contribution is 8.00. The van der Waals surface area contributed by atoms with Crippen LogP contribution in [0.4, 0.5) is 0 Å². The lowest BCUT2D eigenvalue weighted by Gasteiger charge is -2.34. The van der Waals surface area contributed by atoms with Crippen molar-refractivity contribution in [2.75, 3.05) is 12.9 Å². The first kappa shape index (κ1) is 14.6. The molecule has 0 aliphatic heterocycles. The Hall–Kier alpha value is -0.440. The molecule has 2 nitrogen and oxygen atoms in total. The van der Waals surface area contributed by atoms with Crippen LogP contribution in [-0.2, 0) is 9.53 Å². The second kappa shape index (κ2) is 6.48. The first-order chi connectivity index (χ1) is 7.97. The van der Waals surface area contributed by atoms with Crippen LogP contribution in [0.5, 0.6) is 0 Å². The van der Waals surface area contributed by atoms with Crippen molar-refractivity contribution in [2.45, 2.75) is 57.6 Å². The first-order valence-electron chi connectivity index (χ1n) is 6.33. The van der Waals surface area contributed by atoms with E-state index in [1.54, 1.807) is 5.57 Å². The normalized spacial score (nSPS) is 24.6. The van der Waals surface area contributed by atoms with Crippen molar-refractivity contribution < 1.29 is 9.53 Å². The summed E-state index contributed by atoms with van der Waals surface area (Å²) < 4.78 is 5.02. The molecule has 0 aromatic heterocycles. The van der Waals surface area contributed by atoms with E-state index in [0.717, 1.165) is 5.75 Å². The lowest BCUT2D eigenvalue weighted by Crippen LogP contribution is -2.25. The van der Waals surface area contributed by atoms with Gasteiger partial charge in [-0.1, -0.05) is 18.1 Å². The van der Waals surface area contributed by atoms with Gasteiger partial charge in [-0.15, -0.1) is 0 Å². The molecular formula is C14H24O2S. The minimum Gasteiger partial charge on any atom is -0.469 e. The molecule has 0 unspecified atom stereocenters. The number of thioether (sulfide) groups is 1. The molecule has 0 atom stereocenters. The fourth-order valence-corrected chi connectivity index (χ4v) is 3.46. The third-order valence-electron chi connectivity index (χ3n) is 3.60. The highest BCUT2D eigenvalue weighted by atomic mass is 32.2. The average molecular weight is 256 g/mol. The van der Waals surface area contributed by atoms with E-state index in [1.165, 1.54) is 38.4 Å². The van der Waals surface area contributed by atoms with Crippen molar-refractivity contribution in [3.63, 3.8) is 0 Å². The Morgan fingerprint density at radius 3 is 2.41 bits per heavy atom. The molecule has 0 N–H and O–H groups in total. The Labute approximate surface area is 109 Å². The third-order valence-corrected chi connectivity index (χ3v) is 5.12. The van der Waals surface area contributed by atoms with E-state index in [1.807, 2.05) is 11.8 Å². The lowest BCUT2D eigenvalue weighted by molar-refractivity contribution is -0.140. The molecule has 0 amide bonds. The van der Waals surface area contributed by atoms with Gasteiger partial charge in [0.1, 0.15) is 0 Å². The summed E-state index contributed by atoms with van der Waals surface area (Å²) in [5.41, 5.74) is 3.13. The zero-order valence-corrected chi connectivity index (χ0v) is 12.3. The smallest absolute Gasteiger partial charge is 0.306 e. The molecule has 1 fully saturated rings. The largest absolute Gasteiger partial charge is 0.469 e. The summed E-state index contributed by atoms with van der Waals surface area (Å²) in [4.78, 5) is 11.1. The van der Waals surface area contributed by atoms with Crippen molar-refractivity contribution >= 4 is 17.7 Å². The SMILES string of the molecule is COC(=O)CCSC1(C)CCC(=C(C)C)CC1. The molecular weight excluding hydrogens is 232 g/mol. The summed E-state index contributed by atoms with van der Waals surface area (Å²) in [7, 11) is 1.45. The second-order valence-corrected chi connectivity index (χ2v) is 6.91. The van der Waals surface area contributed by atoms with E-state index < -0.39 is 0 Å². The van der Waals surface area contributed by atoms with Crippen LogP contribution in [0, 0.1) is 0 Å². The third kappa shape index (κ3) is 4.74. The Morgan fingerprint density at radius 1 is 1.35 bits per heavy atom. The molecule has 0 aromatic carbocycles. The van der Waals surface area contributed by atoms with Crippen LogP contribution in [0.1, 0.15) is 52.9 Å². The van der Waals surface area contributed by atoms with Gasteiger partial charge >= 0.3 is 5.97 Å². The van der Waals surface area contributed by atoms with Crippen LogP contribution in [0.15, 0.2) is 11.1 Å². The summed E-state index contributed by atoms with van der Waals surface area (Å²) in [6.07, 6.45) is 5.46. The molecule has 0 saturated heterocycles. The molecule has 1 saturated carbocycles. The number of methoxy groups -OCH3 is 1. The number of allylic oxidation sites excluding steroid dienone is 2. The van der Waals surface area contributed by atoms with Gasteiger partial charge in [-0.2, -0.15) is 11.8 Å². The predicted octanol–water partition coefficient (Wildman–Crippen LogP) is 3.95. The lowest BCUT2D eigenvalue weighted by atomic mass is 9.84. The minimum atomic E-state index is -0.0955. The average Bonchev–Trinajstić information content (AvgIpc) is 2.29. The van der Waals surface area contributed by atoms with E-state index in [9.17, 15) is 4.79 Å². The van der Waals surface area contributed by atoms with Gasteiger partial charge in [-0.25, -0.2) is 0 Å². The Morgan fingerprint density at radius 2 is 1.94 bits per heavy atom. The molecule has 17 heavy (non-hydrogen) atoms. The van der Waals surface area contributed by atoms with E-state index in [4.69, 9.17) is 0 Å². The number of carbonyl (C=O) groups excluding carboxylic acids is 1. The fourth-order valence-electron chi connectivity index (χ4n) is 2.21.